The topological polar surface area (TPSA) is 81.4 Å². The highest BCUT2D eigenvalue weighted by molar-refractivity contribution is 5.75. The number of carbonyl (C=O) groups excluding carboxylic acids is 2. The monoisotopic (exact) mass is 236 g/mol. The predicted molar refractivity (Wildman–Crippen MR) is 63.0 cm³/mol. The summed E-state index contributed by atoms with van der Waals surface area (Å²) >= 11 is 0. The van der Waals surface area contributed by atoms with Crippen LogP contribution >= 0.6 is 0 Å². The van der Waals surface area contributed by atoms with E-state index in [2.05, 4.69) is 5.32 Å². The van der Waals surface area contributed by atoms with E-state index in [4.69, 9.17) is 10.5 Å². The first-order valence-corrected chi connectivity index (χ1v) is 5.33. The minimum atomic E-state index is -0.553. The average molecular weight is 236 g/mol. The second-order valence-corrected chi connectivity index (χ2v) is 3.78. The van der Waals surface area contributed by atoms with Crippen LogP contribution < -0.4 is 11.1 Å². The third-order valence-corrected chi connectivity index (χ3v) is 2.08. The lowest BCUT2D eigenvalue weighted by Gasteiger charge is -2.12. The molecule has 1 rings (SSSR count). The van der Waals surface area contributed by atoms with Crippen LogP contribution in [0.15, 0.2) is 30.3 Å². The molecule has 0 radical (unpaired) electrons. The Hall–Kier alpha value is -2.04. The molecular formula is C12H16N2O3. The zero-order valence-electron chi connectivity index (χ0n) is 9.68. The first kappa shape index (κ1) is 13.0. The molecule has 0 aliphatic rings. The number of benzene rings is 1. The van der Waals surface area contributed by atoms with Crippen LogP contribution in [0.3, 0.4) is 0 Å². The maximum absolute atomic E-state index is 11.3. The van der Waals surface area contributed by atoms with Gasteiger partial charge in [-0.05, 0) is 12.5 Å². The van der Waals surface area contributed by atoms with Crippen LogP contribution in [0.2, 0.25) is 0 Å². The van der Waals surface area contributed by atoms with Crippen LogP contribution in [0.1, 0.15) is 18.9 Å². The third-order valence-electron chi connectivity index (χ3n) is 2.08. The van der Waals surface area contributed by atoms with Gasteiger partial charge in [-0.15, -0.1) is 0 Å². The summed E-state index contributed by atoms with van der Waals surface area (Å²) < 4.78 is 4.98. The molecule has 17 heavy (non-hydrogen) atoms. The van der Waals surface area contributed by atoms with Gasteiger partial charge in [0.1, 0.15) is 6.61 Å². The second kappa shape index (κ2) is 6.52. The molecule has 1 atom stereocenters. The van der Waals surface area contributed by atoms with Crippen molar-refractivity contribution in [2.45, 2.75) is 26.0 Å². The lowest BCUT2D eigenvalue weighted by Crippen LogP contribution is -2.35. The third kappa shape index (κ3) is 5.55. The van der Waals surface area contributed by atoms with Gasteiger partial charge >= 0.3 is 6.09 Å². The van der Waals surface area contributed by atoms with Gasteiger partial charge in [-0.1, -0.05) is 30.3 Å². The fourth-order valence-corrected chi connectivity index (χ4v) is 1.32. The van der Waals surface area contributed by atoms with Crippen molar-refractivity contribution in [2.75, 3.05) is 0 Å². The van der Waals surface area contributed by atoms with E-state index in [-0.39, 0.29) is 19.1 Å². The molecule has 2 amide bonds. The maximum Gasteiger partial charge on any atom is 0.407 e. The van der Waals surface area contributed by atoms with E-state index in [1.165, 1.54) is 0 Å². The minimum Gasteiger partial charge on any atom is -0.445 e. The van der Waals surface area contributed by atoms with Crippen molar-refractivity contribution in [1.82, 2.24) is 5.32 Å². The van der Waals surface area contributed by atoms with E-state index in [1.54, 1.807) is 6.92 Å². The number of carbonyl (C=O) groups is 2. The van der Waals surface area contributed by atoms with Gasteiger partial charge < -0.3 is 15.8 Å². The van der Waals surface area contributed by atoms with Gasteiger partial charge in [0.25, 0.3) is 0 Å². The first-order valence-electron chi connectivity index (χ1n) is 5.33. The van der Waals surface area contributed by atoms with Gasteiger partial charge in [0.05, 0.1) is 0 Å². The number of nitrogens with one attached hydrogen (secondary N) is 1. The molecule has 0 spiro atoms. The Morgan fingerprint density at radius 3 is 2.59 bits per heavy atom. The minimum absolute atomic E-state index is 0.0977. The molecule has 0 heterocycles. The number of nitrogens with two attached hydrogens (primary N) is 1. The molecule has 0 saturated carbocycles. The summed E-state index contributed by atoms with van der Waals surface area (Å²) in [6, 6.07) is 9.02. The highest BCUT2D eigenvalue weighted by Gasteiger charge is 2.10. The Bertz CT molecular complexity index is 379. The van der Waals surface area contributed by atoms with E-state index in [0.717, 1.165) is 5.56 Å². The molecule has 3 N–H and O–H groups in total. The molecular weight excluding hydrogens is 220 g/mol. The molecule has 0 aliphatic carbocycles. The van der Waals surface area contributed by atoms with Crippen molar-refractivity contribution in [3.05, 3.63) is 35.9 Å². The van der Waals surface area contributed by atoms with Crippen LogP contribution in [0, 0.1) is 0 Å². The number of primary amides is 1. The number of amides is 2. The number of hydrogen-bond acceptors (Lipinski definition) is 3. The molecule has 0 fully saturated rings. The van der Waals surface area contributed by atoms with Crippen LogP contribution in [0.5, 0.6) is 0 Å². The summed E-state index contributed by atoms with van der Waals surface area (Å²) in [6.45, 7) is 1.89. The smallest absolute Gasteiger partial charge is 0.407 e. The Morgan fingerprint density at radius 2 is 2.00 bits per heavy atom. The molecule has 1 aromatic carbocycles. The first-order chi connectivity index (χ1) is 8.08. The van der Waals surface area contributed by atoms with E-state index >= 15 is 0 Å². The number of alkyl carbamates (subject to hydrolysis) is 1. The fraction of sp³-hybridized carbons (Fsp3) is 0.333. The van der Waals surface area contributed by atoms with E-state index < -0.39 is 12.0 Å². The van der Waals surface area contributed by atoms with E-state index in [0.29, 0.717) is 0 Å². The molecule has 1 aromatic rings. The van der Waals surface area contributed by atoms with Crippen LogP contribution in [-0.2, 0) is 16.1 Å². The number of rotatable bonds is 5. The molecule has 0 bridgehead atoms. The van der Waals surface area contributed by atoms with Gasteiger partial charge in [0.2, 0.25) is 5.91 Å². The highest BCUT2D eigenvalue weighted by Crippen LogP contribution is 2.01. The zero-order valence-corrected chi connectivity index (χ0v) is 9.68. The zero-order chi connectivity index (χ0) is 12.7. The Morgan fingerprint density at radius 1 is 1.35 bits per heavy atom. The Labute approximate surface area is 99.9 Å². The van der Waals surface area contributed by atoms with E-state index in [9.17, 15) is 9.59 Å². The summed E-state index contributed by atoms with van der Waals surface area (Å²) in [5.41, 5.74) is 5.91. The molecule has 0 aliphatic heterocycles. The number of hydrogen-bond donors (Lipinski definition) is 2. The van der Waals surface area contributed by atoms with Gasteiger partial charge in [0.15, 0.2) is 0 Å². The van der Waals surface area contributed by atoms with Gasteiger partial charge in [-0.3, -0.25) is 4.79 Å². The van der Waals surface area contributed by atoms with Crippen molar-refractivity contribution < 1.29 is 14.3 Å². The van der Waals surface area contributed by atoms with Gasteiger partial charge in [-0.25, -0.2) is 4.79 Å². The van der Waals surface area contributed by atoms with Crippen molar-refractivity contribution in [2.24, 2.45) is 5.73 Å². The Kier molecular flexibility index (Phi) is 5.00. The summed E-state index contributed by atoms with van der Waals surface area (Å²) in [6.07, 6.45) is -0.455. The number of ether oxygens (including phenoxy) is 1. The molecule has 92 valence electrons. The lowest BCUT2D eigenvalue weighted by atomic mass is 10.2. The summed E-state index contributed by atoms with van der Waals surface area (Å²) in [4.78, 5) is 21.9. The maximum atomic E-state index is 11.3. The Balaban J connectivity index is 2.28. The van der Waals surface area contributed by atoms with Crippen LogP contribution in [0.25, 0.3) is 0 Å². The summed E-state index contributed by atoms with van der Waals surface area (Å²) in [7, 11) is 0. The van der Waals surface area contributed by atoms with Crippen molar-refractivity contribution in [3.63, 3.8) is 0 Å². The molecule has 0 aromatic heterocycles. The van der Waals surface area contributed by atoms with E-state index in [1.807, 2.05) is 30.3 Å². The fourth-order valence-electron chi connectivity index (χ4n) is 1.32. The summed E-state index contributed by atoms with van der Waals surface area (Å²) in [5.74, 6) is -0.458. The van der Waals surface area contributed by atoms with Crippen LogP contribution in [0.4, 0.5) is 4.79 Å². The SMILES string of the molecule is CC(CC(N)=O)NC(=O)OCc1ccccc1. The van der Waals surface area contributed by atoms with Crippen LogP contribution in [-0.4, -0.2) is 18.0 Å². The predicted octanol–water partition coefficient (Wildman–Crippen LogP) is 1.18. The van der Waals surface area contributed by atoms with Gasteiger partial charge in [0, 0.05) is 12.5 Å². The highest BCUT2D eigenvalue weighted by atomic mass is 16.5. The standard InChI is InChI=1S/C12H16N2O3/c1-9(7-11(13)15)14-12(16)17-8-10-5-3-2-4-6-10/h2-6,9H,7-8H2,1H3,(H2,13,15)(H,14,16). The molecule has 0 saturated heterocycles. The molecule has 5 nitrogen and oxygen atoms in total. The van der Waals surface area contributed by atoms with Gasteiger partial charge in [-0.2, -0.15) is 0 Å². The largest absolute Gasteiger partial charge is 0.445 e. The average Bonchev–Trinajstić information content (AvgIpc) is 2.26. The van der Waals surface area contributed by atoms with Crippen molar-refractivity contribution in [3.8, 4) is 0 Å². The van der Waals surface area contributed by atoms with Crippen molar-refractivity contribution in [1.29, 1.82) is 0 Å². The van der Waals surface area contributed by atoms with Crippen molar-refractivity contribution >= 4 is 12.0 Å². The summed E-state index contributed by atoms with van der Waals surface area (Å²) in [5, 5.41) is 2.52. The molecule has 1 unspecified atom stereocenters. The second-order valence-electron chi connectivity index (χ2n) is 3.78. The quantitative estimate of drug-likeness (QED) is 0.805. The molecule has 5 heteroatoms. The lowest BCUT2D eigenvalue weighted by molar-refractivity contribution is -0.118. The normalized spacial score (nSPS) is 11.6.